The fourth-order valence-corrected chi connectivity index (χ4v) is 3.27. The second kappa shape index (κ2) is 7.58. The van der Waals surface area contributed by atoms with E-state index in [9.17, 15) is 15.0 Å². The molecule has 3 N–H and O–H groups in total. The highest BCUT2D eigenvalue weighted by atomic mass is 79.9. The number of aromatic hydroxyl groups is 2. The van der Waals surface area contributed by atoms with Gasteiger partial charge in [0.1, 0.15) is 11.5 Å². The molecule has 0 radical (unpaired) electrons. The molecule has 5 nitrogen and oxygen atoms in total. The monoisotopic (exact) mass is 412 g/mol. The van der Waals surface area contributed by atoms with Crippen LogP contribution in [0.3, 0.4) is 0 Å². The Morgan fingerprint density at radius 3 is 2.62 bits per heavy atom. The number of hydrogen-bond donors (Lipinski definition) is 3. The summed E-state index contributed by atoms with van der Waals surface area (Å²) in [5, 5.41) is 25.2. The van der Waals surface area contributed by atoms with Gasteiger partial charge in [0.2, 0.25) is 5.91 Å². The molecule has 0 bridgehead atoms. The quantitative estimate of drug-likeness (QED) is 0.447. The summed E-state index contributed by atoms with van der Waals surface area (Å²) >= 11 is 3.52. The normalized spacial score (nSPS) is 11.2. The molecule has 0 aliphatic rings. The predicted molar refractivity (Wildman–Crippen MR) is 106 cm³/mol. The smallest absolute Gasteiger partial charge is 0.244 e. The van der Waals surface area contributed by atoms with Gasteiger partial charge < -0.3 is 10.2 Å². The van der Waals surface area contributed by atoms with E-state index in [1.807, 2.05) is 36.4 Å². The highest BCUT2D eigenvalue weighted by molar-refractivity contribution is 9.10. The van der Waals surface area contributed by atoms with Crippen molar-refractivity contribution in [3.63, 3.8) is 0 Å². The van der Waals surface area contributed by atoms with Gasteiger partial charge in [0.25, 0.3) is 0 Å². The third-order valence-electron chi connectivity index (χ3n) is 4.04. The summed E-state index contributed by atoms with van der Waals surface area (Å²) in [6, 6.07) is 14.4. The van der Waals surface area contributed by atoms with Crippen molar-refractivity contribution in [2.24, 2.45) is 5.10 Å². The summed E-state index contributed by atoms with van der Waals surface area (Å²) in [5.41, 5.74) is 4.47. The van der Waals surface area contributed by atoms with Crippen LogP contribution < -0.4 is 5.43 Å². The molecule has 0 saturated carbocycles. The molecule has 1 amide bonds. The molecule has 6 heteroatoms. The van der Waals surface area contributed by atoms with E-state index in [1.54, 1.807) is 6.92 Å². The summed E-state index contributed by atoms with van der Waals surface area (Å²) in [6.07, 6.45) is 1.55. The molecule has 26 heavy (non-hydrogen) atoms. The van der Waals surface area contributed by atoms with Crippen LogP contribution in [0, 0.1) is 6.92 Å². The zero-order valence-corrected chi connectivity index (χ0v) is 15.6. The van der Waals surface area contributed by atoms with Crippen LogP contribution in [-0.4, -0.2) is 22.3 Å². The maximum Gasteiger partial charge on any atom is 0.244 e. The van der Waals surface area contributed by atoms with Crippen LogP contribution in [0.25, 0.3) is 10.8 Å². The number of amides is 1. The maximum atomic E-state index is 12.2. The van der Waals surface area contributed by atoms with Gasteiger partial charge in [-0.25, -0.2) is 5.43 Å². The van der Waals surface area contributed by atoms with E-state index >= 15 is 0 Å². The van der Waals surface area contributed by atoms with E-state index in [0.717, 1.165) is 20.8 Å². The van der Waals surface area contributed by atoms with Crippen LogP contribution in [0.1, 0.15) is 16.7 Å². The first-order chi connectivity index (χ1) is 12.5. The first kappa shape index (κ1) is 17.9. The number of carbonyl (C=O) groups excluding carboxylic acids is 1. The Morgan fingerprint density at radius 1 is 1.15 bits per heavy atom. The number of phenolic OH excluding ortho intramolecular Hbond substituents is 2. The average molecular weight is 413 g/mol. The number of rotatable bonds is 4. The molecular weight excluding hydrogens is 396 g/mol. The van der Waals surface area contributed by atoms with Gasteiger partial charge >= 0.3 is 0 Å². The Balaban J connectivity index is 1.74. The summed E-state index contributed by atoms with van der Waals surface area (Å²) < 4.78 is 0.980. The lowest BCUT2D eigenvalue weighted by molar-refractivity contribution is -0.120. The zero-order valence-electron chi connectivity index (χ0n) is 14.0. The third-order valence-corrected chi connectivity index (χ3v) is 4.74. The molecular formula is C20H17BrN2O3. The molecule has 0 saturated heterocycles. The number of halogens is 1. The van der Waals surface area contributed by atoms with Crippen LogP contribution in [0.5, 0.6) is 11.5 Å². The molecule has 0 aromatic heterocycles. The van der Waals surface area contributed by atoms with Gasteiger partial charge in [-0.1, -0.05) is 46.3 Å². The summed E-state index contributed by atoms with van der Waals surface area (Å²) in [6.45, 7) is 1.73. The number of carbonyl (C=O) groups is 1. The van der Waals surface area contributed by atoms with Gasteiger partial charge in [-0.2, -0.15) is 5.10 Å². The van der Waals surface area contributed by atoms with Gasteiger partial charge in [-0.3, -0.25) is 4.79 Å². The van der Waals surface area contributed by atoms with E-state index in [2.05, 4.69) is 26.5 Å². The number of phenols is 2. The highest BCUT2D eigenvalue weighted by Crippen LogP contribution is 2.27. The molecule has 0 heterocycles. The first-order valence-electron chi connectivity index (χ1n) is 7.96. The Kier molecular flexibility index (Phi) is 5.23. The van der Waals surface area contributed by atoms with E-state index < -0.39 is 0 Å². The van der Waals surface area contributed by atoms with Crippen LogP contribution >= 0.6 is 15.9 Å². The second-order valence-corrected chi connectivity index (χ2v) is 6.77. The van der Waals surface area contributed by atoms with Crippen molar-refractivity contribution < 1.29 is 15.0 Å². The van der Waals surface area contributed by atoms with Crippen molar-refractivity contribution in [1.29, 1.82) is 0 Å². The minimum Gasteiger partial charge on any atom is -0.508 e. The Morgan fingerprint density at radius 2 is 1.88 bits per heavy atom. The van der Waals surface area contributed by atoms with Gasteiger partial charge in [0.05, 0.1) is 12.6 Å². The van der Waals surface area contributed by atoms with Crippen molar-refractivity contribution >= 4 is 38.8 Å². The van der Waals surface area contributed by atoms with Crippen LogP contribution in [0.15, 0.2) is 58.1 Å². The number of benzene rings is 3. The lowest BCUT2D eigenvalue weighted by Gasteiger charge is -2.08. The zero-order chi connectivity index (χ0) is 18.7. The van der Waals surface area contributed by atoms with E-state index in [4.69, 9.17) is 0 Å². The van der Waals surface area contributed by atoms with Crippen LogP contribution in [0.2, 0.25) is 0 Å². The molecule has 0 aliphatic heterocycles. The van der Waals surface area contributed by atoms with E-state index in [-0.39, 0.29) is 23.8 Å². The first-order valence-corrected chi connectivity index (χ1v) is 8.75. The minimum absolute atomic E-state index is 0.0247. The summed E-state index contributed by atoms with van der Waals surface area (Å²) in [5.74, 6) is -0.382. The second-order valence-electron chi connectivity index (χ2n) is 5.92. The number of nitrogens with zero attached hydrogens (tertiary/aromatic N) is 1. The number of hydrogen-bond acceptors (Lipinski definition) is 4. The molecule has 0 spiro atoms. The number of hydrazone groups is 1. The van der Waals surface area contributed by atoms with Crippen molar-refractivity contribution in [2.75, 3.05) is 0 Å². The highest BCUT2D eigenvalue weighted by Gasteiger charge is 2.09. The Hall–Kier alpha value is -2.86. The summed E-state index contributed by atoms with van der Waals surface area (Å²) in [4.78, 5) is 12.2. The number of fused-ring (bicyclic) bond motifs is 1. The standard InChI is InChI=1S/C20H17BrN2O3/c1-12-8-14(24)10-19(25)17(12)11-22-23-20(26)9-13-6-7-18(21)16-5-3-2-4-15(13)16/h2-8,10-11,24-25H,9H2,1H3,(H,23,26)/b22-11+. The van der Waals surface area contributed by atoms with Gasteiger partial charge in [0, 0.05) is 16.1 Å². The minimum atomic E-state index is -0.260. The van der Waals surface area contributed by atoms with E-state index in [1.165, 1.54) is 18.3 Å². The molecule has 0 unspecified atom stereocenters. The molecule has 132 valence electrons. The van der Waals surface area contributed by atoms with Crippen LogP contribution in [-0.2, 0) is 11.2 Å². The Bertz CT molecular complexity index is 992. The maximum absolute atomic E-state index is 12.2. The SMILES string of the molecule is Cc1cc(O)cc(O)c1/C=N/NC(=O)Cc1ccc(Br)c2ccccc12. The third kappa shape index (κ3) is 3.86. The molecule has 3 aromatic carbocycles. The van der Waals surface area contributed by atoms with Crippen LogP contribution in [0.4, 0.5) is 0 Å². The number of nitrogens with one attached hydrogen (secondary N) is 1. The number of aryl methyl sites for hydroxylation is 1. The summed E-state index contributed by atoms with van der Waals surface area (Å²) in [7, 11) is 0. The van der Waals surface area contributed by atoms with Crippen molar-refractivity contribution in [3.05, 3.63) is 69.7 Å². The molecule has 0 atom stereocenters. The molecule has 3 aromatic rings. The van der Waals surface area contributed by atoms with E-state index in [0.29, 0.717) is 11.1 Å². The lowest BCUT2D eigenvalue weighted by Crippen LogP contribution is -2.20. The van der Waals surface area contributed by atoms with Crippen molar-refractivity contribution in [3.8, 4) is 11.5 Å². The van der Waals surface area contributed by atoms with Gasteiger partial charge in [0.15, 0.2) is 0 Å². The topological polar surface area (TPSA) is 81.9 Å². The molecule has 0 fully saturated rings. The average Bonchev–Trinajstić information content (AvgIpc) is 2.60. The largest absolute Gasteiger partial charge is 0.508 e. The predicted octanol–water partition coefficient (Wildman–Crippen LogP) is 4.01. The van der Waals surface area contributed by atoms with Crippen molar-refractivity contribution in [2.45, 2.75) is 13.3 Å². The molecule has 0 aliphatic carbocycles. The van der Waals surface area contributed by atoms with Gasteiger partial charge in [-0.15, -0.1) is 0 Å². The lowest BCUT2D eigenvalue weighted by atomic mass is 10.0. The fourth-order valence-electron chi connectivity index (χ4n) is 2.79. The molecule has 3 rings (SSSR count). The fraction of sp³-hybridized carbons (Fsp3) is 0.100. The van der Waals surface area contributed by atoms with Gasteiger partial charge in [-0.05, 0) is 41.0 Å². The Labute approximate surface area is 159 Å². The van der Waals surface area contributed by atoms with Crippen molar-refractivity contribution in [1.82, 2.24) is 5.43 Å².